The minimum atomic E-state index is -0.412. The number of carbonyl (C=O) groups is 2. The third-order valence-electron chi connectivity index (χ3n) is 4.09. The predicted octanol–water partition coefficient (Wildman–Crippen LogP) is 0.866. The van der Waals surface area contributed by atoms with Crippen molar-refractivity contribution in [1.82, 2.24) is 9.88 Å². The molecule has 6 nitrogen and oxygen atoms in total. The van der Waals surface area contributed by atoms with E-state index in [2.05, 4.69) is 4.98 Å². The second-order valence-corrected chi connectivity index (χ2v) is 5.59. The maximum absolute atomic E-state index is 12.6. The standard InChI is InChI=1S/C16H17N3O3/c17-14(20)11-5-3-7-19(9-11)16(22)12-8-10-4-1-2-6-13(10)18-15(12)21/h1-2,4,6,8,11H,3,5,7,9H2,(H2,17,20)(H,18,21)/t11-/m1/s1. The molecule has 114 valence electrons. The fourth-order valence-corrected chi connectivity index (χ4v) is 2.87. The summed E-state index contributed by atoms with van der Waals surface area (Å²) in [6.45, 7) is 0.815. The molecule has 0 unspecified atom stereocenters. The van der Waals surface area contributed by atoms with Crippen molar-refractivity contribution in [3.05, 3.63) is 46.2 Å². The third kappa shape index (κ3) is 2.59. The van der Waals surface area contributed by atoms with E-state index < -0.39 is 11.5 Å². The molecule has 3 N–H and O–H groups in total. The lowest BCUT2D eigenvalue weighted by Crippen LogP contribution is -2.45. The van der Waals surface area contributed by atoms with Crippen LogP contribution in [0.3, 0.4) is 0 Å². The SMILES string of the molecule is NC(=O)[C@@H]1CCCN(C(=O)c2cc3ccccc3[nH]c2=O)C1. The molecule has 1 fully saturated rings. The van der Waals surface area contributed by atoms with Gasteiger partial charge in [-0.25, -0.2) is 0 Å². The van der Waals surface area contributed by atoms with E-state index in [1.807, 2.05) is 18.2 Å². The van der Waals surface area contributed by atoms with Crippen molar-refractivity contribution >= 4 is 22.7 Å². The Bertz CT molecular complexity index is 797. The number of primary amides is 1. The Kier molecular flexibility index (Phi) is 3.66. The van der Waals surface area contributed by atoms with Crippen molar-refractivity contribution in [2.24, 2.45) is 11.7 Å². The van der Waals surface area contributed by atoms with Crippen LogP contribution in [0.4, 0.5) is 0 Å². The van der Waals surface area contributed by atoms with Crippen LogP contribution in [0.2, 0.25) is 0 Å². The summed E-state index contributed by atoms with van der Waals surface area (Å²) in [7, 11) is 0. The lowest BCUT2D eigenvalue weighted by Gasteiger charge is -2.31. The van der Waals surface area contributed by atoms with Crippen LogP contribution in [-0.2, 0) is 4.79 Å². The Balaban J connectivity index is 1.93. The molecule has 0 saturated carbocycles. The number of H-pyrrole nitrogens is 1. The molecule has 3 rings (SSSR count). The number of nitrogens with one attached hydrogen (secondary N) is 1. The Morgan fingerprint density at radius 2 is 2.05 bits per heavy atom. The van der Waals surface area contributed by atoms with Crippen LogP contribution in [0.5, 0.6) is 0 Å². The number of rotatable bonds is 2. The zero-order valence-corrected chi connectivity index (χ0v) is 12.0. The second-order valence-electron chi connectivity index (χ2n) is 5.59. The van der Waals surface area contributed by atoms with Gasteiger partial charge in [0.2, 0.25) is 5.91 Å². The average Bonchev–Trinajstić information content (AvgIpc) is 2.53. The van der Waals surface area contributed by atoms with Gasteiger partial charge in [0.15, 0.2) is 0 Å². The highest BCUT2D eigenvalue weighted by molar-refractivity contribution is 5.97. The maximum Gasteiger partial charge on any atom is 0.261 e. The smallest absolute Gasteiger partial charge is 0.261 e. The molecule has 1 atom stereocenters. The summed E-state index contributed by atoms with van der Waals surface area (Å²) in [5, 5.41) is 0.800. The number of para-hydroxylation sites is 1. The predicted molar refractivity (Wildman–Crippen MR) is 82.4 cm³/mol. The van der Waals surface area contributed by atoms with Gasteiger partial charge in [0.25, 0.3) is 11.5 Å². The van der Waals surface area contributed by atoms with Gasteiger partial charge in [-0.1, -0.05) is 18.2 Å². The molecule has 0 bridgehead atoms. The third-order valence-corrected chi connectivity index (χ3v) is 4.09. The zero-order valence-electron chi connectivity index (χ0n) is 12.0. The monoisotopic (exact) mass is 299 g/mol. The summed E-state index contributed by atoms with van der Waals surface area (Å²) in [6, 6.07) is 8.89. The topological polar surface area (TPSA) is 96.3 Å². The number of fused-ring (bicyclic) bond motifs is 1. The highest BCUT2D eigenvalue weighted by Crippen LogP contribution is 2.18. The van der Waals surface area contributed by atoms with Gasteiger partial charge < -0.3 is 15.6 Å². The first kappa shape index (κ1) is 14.3. The molecule has 1 aliphatic rings. The van der Waals surface area contributed by atoms with Crippen LogP contribution < -0.4 is 11.3 Å². The molecule has 1 aromatic heterocycles. The summed E-state index contributed by atoms with van der Waals surface area (Å²) in [6.07, 6.45) is 1.40. The van der Waals surface area contributed by atoms with Crippen LogP contribution in [0.15, 0.2) is 35.1 Å². The molecule has 2 amide bonds. The quantitative estimate of drug-likeness (QED) is 0.861. The fourth-order valence-electron chi connectivity index (χ4n) is 2.87. The lowest BCUT2D eigenvalue weighted by atomic mass is 9.97. The van der Waals surface area contributed by atoms with E-state index in [0.717, 1.165) is 5.39 Å². The lowest BCUT2D eigenvalue weighted by molar-refractivity contribution is -0.123. The summed E-state index contributed by atoms with van der Waals surface area (Å²) >= 11 is 0. The number of benzene rings is 1. The Labute approximate surface area is 126 Å². The maximum atomic E-state index is 12.6. The number of piperidine rings is 1. The first-order chi connectivity index (χ1) is 10.6. The van der Waals surface area contributed by atoms with Crippen molar-refractivity contribution in [3.63, 3.8) is 0 Å². The van der Waals surface area contributed by atoms with Gasteiger partial charge in [-0.05, 0) is 30.4 Å². The Hall–Kier alpha value is -2.63. The van der Waals surface area contributed by atoms with Crippen LogP contribution in [0.1, 0.15) is 23.2 Å². The van der Waals surface area contributed by atoms with Gasteiger partial charge in [0, 0.05) is 18.6 Å². The van der Waals surface area contributed by atoms with Crippen molar-refractivity contribution in [1.29, 1.82) is 0 Å². The van der Waals surface area contributed by atoms with Gasteiger partial charge in [-0.3, -0.25) is 14.4 Å². The van der Waals surface area contributed by atoms with E-state index in [4.69, 9.17) is 5.73 Å². The number of likely N-dealkylation sites (tertiary alicyclic amines) is 1. The van der Waals surface area contributed by atoms with E-state index in [0.29, 0.717) is 24.9 Å². The van der Waals surface area contributed by atoms with Gasteiger partial charge in [0.05, 0.1) is 5.92 Å². The second kappa shape index (κ2) is 5.63. The normalized spacial score (nSPS) is 18.4. The zero-order chi connectivity index (χ0) is 15.7. The number of nitrogens with zero attached hydrogens (tertiary/aromatic N) is 1. The number of carbonyl (C=O) groups excluding carboxylic acids is 2. The molecule has 2 aromatic rings. The van der Waals surface area contributed by atoms with Crippen molar-refractivity contribution in [2.75, 3.05) is 13.1 Å². The molecular formula is C16H17N3O3. The first-order valence-corrected chi connectivity index (χ1v) is 7.27. The molecule has 22 heavy (non-hydrogen) atoms. The molecule has 0 spiro atoms. The molecule has 0 radical (unpaired) electrons. The summed E-state index contributed by atoms with van der Waals surface area (Å²) in [4.78, 5) is 40.3. The fraction of sp³-hybridized carbons (Fsp3) is 0.312. The number of amides is 2. The minimum Gasteiger partial charge on any atom is -0.369 e. The summed E-state index contributed by atoms with van der Waals surface area (Å²) < 4.78 is 0. The number of hydrogen-bond donors (Lipinski definition) is 2. The van der Waals surface area contributed by atoms with Gasteiger partial charge in [-0.2, -0.15) is 0 Å². The number of aromatic nitrogens is 1. The summed E-state index contributed by atoms with van der Waals surface area (Å²) in [5.41, 5.74) is 5.71. The van der Waals surface area contributed by atoms with Crippen LogP contribution in [-0.4, -0.2) is 34.8 Å². The summed E-state index contributed by atoms with van der Waals surface area (Å²) in [5.74, 6) is -1.08. The molecule has 1 saturated heterocycles. The molecule has 2 heterocycles. The highest BCUT2D eigenvalue weighted by Gasteiger charge is 2.28. The first-order valence-electron chi connectivity index (χ1n) is 7.27. The van der Waals surface area contributed by atoms with Crippen molar-refractivity contribution < 1.29 is 9.59 Å². The van der Waals surface area contributed by atoms with E-state index in [9.17, 15) is 14.4 Å². The van der Waals surface area contributed by atoms with Gasteiger partial charge >= 0.3 is 0 Å². The number of nitrogens with two attached hydrogens (primary N) is 1. The Morgan fingerprint density at radius 1 is 1.27 bits per heavy atom. The van der Waals surface area contributed by atoms with Crippen LogP contribution in [0, 0.1) is 5.92 Å². The number of aromatic amines is 1. The van der Waals surface area contributed by atoms with Crippen LogP contribution in [0.25, 0.3) is 10.9 Å². The van der Waals surface area contributed by atoms with E-state index >= 15 is 0 Å². The molecule has 1 aromatic carbocycles. The van der Waals surface area contributed by atoms with Crippen LogP contribution >= 0.6 is 0 Å². The number of pyridine rings is 1. The molecule has 0 aliphatic carbocycles. The highest BCUT2D eigenvalue weighted by atomic mass is 16.2. The average molecular weight is 299 g/mol. The van der Waals surface area contributed by atoms with Crippen molar-refractivity contribution in [2.45, 2.75) is 12.8 Å². The largest absolute Gasteiger partial charge is 0.369 e. The van der Waals surface area contributed by atoms with Gasteiger partial charge in [0.1, 0.15) is 5.56 Å². The van der Waals surface area contributed by atoms with E-state index in [1.54, 1.807) is 12.1 Å². The van der Waals surface area contributed by atoms with Gasteiger partial charge in [-0.15, -0.1) is 0 Å². The van der Waals surface area contributed by atoms with Crippen molar-refractivity contribution in [3.8, 4) is 0 Å². The Morgan fingerprint density at radius 3 is 2.82 bits per heavy atom. The van der Waals surface area contributed by atoms with E-state index in [-0.39, 0.29) is 23.9 Å². The minimum absolute atomic E-state index is 0.101. The molecule has 6 heteroatoms. The number of hydrogen-bond acceptors (Lipinski definition) is 3. The van der Waals surface area contributed by atoms with E-state index in [1.165, 1.54) is 4.90 Å². The molecule has 1 aliphatic heterocycles. The molecular weight excluding hydrogens is 282 g/mol.